The van der Waals surface area contributed by atoms with Crippen LogP contribution >= 0.6 is 11.8 Å². The molecule has 1 heterocycles. The first-order valence-corrected chi connectivity index (χ1v) is 9.47. The predicted molar refractivity (Wildman–Crippen MR) is 97.7 cm³/mol. The Morgan fingerprint density at radius 1 is 1.12 bits per heavy atom. The number of hydrogen-bond donors (Lipinski definition) is 0. The number of nitrogens with zero attached hydrogens (tertiary/aromatic N) is 1. The lowest BCUT2D eigenvalue weighted by Crippen LogP contribution is -2.29. The zero-order valence-corrected chi connectivity index (χ0v) is 15.9. The summed E-state index contributed by atoms with van der Waals surface area (Å²) in [7, 11) is 0. The fraction of sp³-hybridized carbons (Fsp3) is 0.526. The lowest BCUT2D eigenvalue weighted by molar-refractivity contribution is -0.129. The van der Waals surface area contributed by atoms with Crippen LogP contribution in [0.1, 0.15) is 44.0 Å². The van der Waals surface area contributed by atoms with Crippen LogP contribution in [0, 0.1) is 5.41 Å². The van der Waals surface area contributed by atoms with Crippen molar-refractivity contribution in [3.05, 3.63) is 29.8 Å². The Morgan fingerprint density at radius 3 is 2.40 bits per heavy atom. The van der Waals surface area contributed by atoms with E-state index in [9.17, 15) is 14.4 Å². The van der Waals surface area contributed by atoms with Gasteiger partial charge in [0.2, 0.25) is 5.91 Å². The van der Waals surface area contributed by atoms with Crippen LogP contribution in [-0.2, 0) is 14.3 Å². The largest absolute Gasteiger partial charge is 0.454 e. The van der Waals surface area contributed by atoms with Crippen molar-refractivity contribution < 1.29 is 19.1 Å². The molecule has 0 aromatic heterocycles. The minimum atomic E-state index is -0.545. The Labute approximate surface area is 153 Å². The molecule has 2 rings (SSSR count). The minimum Gasteiger partial charge on any atom is -0.454 e. The zero-order chi connectivity index (χ0) is 18.4. The van der Waals surface area contributed by atoms with Gasteiger partial charge in [0.25, 0.3) is 0 Å². The number of thioether (sulfide) groups is 1. The van der Waals surface area contributed by atoms with Crippen molar-refractivity contribution in [2.45, 2.75) is 38.5 Å². The molecule has 0 unspecified atom stereocenters. The summed E-state index contributed by atoms with van der Waals surface area (Å²) in [5.74, 6) is -0.274. The van der Waals surface area contributed by atoms with E-state index in [1.54, 1.807) is 39.0 Å². The van der Waals surface area contributed by atoms with Crippen LogP contribution < -0.4 is 0 Å². The van der Waals surface area contributed by atoms with E-state index in [1.807, 2.05) is 11.0 Å². The molecule has 0 atom stereocenters. The first-order chi connectivity index (χ1) is 11.8. The molecule has 0 radical (unpaired) electrons. The molecule has 1 aromatic rings. The van der Waals surface area contributed by atoms with Gasteiger partial charge in [0.1, 0.15) is 0 Å². The second kappa shape index (κ2) is 8.52. The third-order valence-electron chi connectivity index (χ3n) is 4.09. The van der Waals surface area contributed by atoms with Crippen molar-refractivity contribution in [2.24, 2.45) is 5.41 Å². The highest BCUT2D eigenvalue weighted by Crippen LogP contribution is 2.25. The van der Waals surface area contributed by atoms with E-state index in [4.69, 9.17) is 4.74 Å². The van der Waals surface area contributed by atoms with Gasteiger partial charge in [0.15, 0.2) is 12.4 Å². The molecule has 1 fully saturated rings. The number of Topliss-reactive ketones (excluding diaryl/α,β-unsaturated/α-hetero) is 1. The molecule has 5 nitrogen and oxygen atoms in total. The van der Waals surface area contributed by atoms with Crippen LogP contribution in [0.2, 0.25) is 0 Å². The maximum Gasteiger partial charge on any atom is 0.339 e. The van der Waals surface area contributed by atoms with Crippen LogP contribution in [-0.4, -0.2) is 48.0 Å². The molecule has 1 saturated heterocycles. The zero-order valence-electron chi connectivity index (χ0n) is 15.0. The predicted octanol–water partition coefficient (Wildman–Crippen LogP) is 3.17. The van der Waals surface area contributed by atoms with Gasteiger partial charge in [0, 0.05) is 23.4 Å². The van der Waals surface area contributed by atoms with E-state index in [-0.39, 0.29) is 18.3 Å². The highest BCUT2D eigenvalue weighted by molar-refractivity contribution is 8.00. The number of carbonyl (C=O) groups is 3. The average molecular weight is 363 g/mol. The van der Waals surface area contributed by atoms with Gasteiger partial charge in [-0.05, 0) is 25.0 Å². The molecule has 0 saturated carbocycles. The normalized spacial score (nSPS) is 14.4. The van der Waals surface area contributed by atoms with Crippen LogP contribution in [0.4, 0.5) is 0 Å². The van der Waals surface area contributed by atoms with Crippen molar-refractivity contribution in [3.63, 3.8) is 0 Å². The van der Waals surface area contributed by atoms with Gasteiger partial charge in [-0.3, -0.25) is 9.59 Å². The second-order valence-corrected chi connectivity index (χ2v) is 8.14. The van der Waals surface area contributed by atoms with E-state index >= 15 is 0 Å². The Kier molecular flexibility index (Phi) is 6.64. The standard InChI is InChI=1S/C19H25NO4S/c1-19(2,3)16(21)12-24-18(23)14-8-4-5-9-15(14)25-13-17(22)20-10-6-7-11-20/h4-5,8-9H,6-7,10-13H2,1-3H3. The fourth-order valence-electron chi connectivity index (χ4n) is 2.38. The molecular formula is C19H25NO4S. The molecular weight excluding hydrogens is 338 g/mol. The summed E-state index contributed by atoms with van der Waals surface area (Å²) in [5.41, 5.74) is -0.153. The fourth-order valence-corrected chi connectivity index (χ4v) is 3.33. The minimum absolute atomic E-state index is 0.0913. The van der Waals surface area contributed by atoms with Crippen molar-refractivity contribution in [1.29, 1.82) is 0 Å². The average Bonchev–Trinajstić information content (AvgIpc) is 3.11. The molecule has 6 heteroatoms. The summed E-state index contributed by atoms with van der Waals surface area (Å²) in [5, 5.41) is 0. The molecule has 1 aliphatic rings. The molecule has 0 aliphatic carbocycles. The number of rotatable bonds is 6. The van der Waals surface area contributed by atoms with Gasteiger partial charge in [-0.1, -0.05) is 32.9 Å². The monoisotopic (exact) mass is 363 g/mol. The number of amides is 1. The molecule has 0 spiro atoms. The van der Waals surface area contributed by atoms with E-state index in [2.05, 4.69) is 0 Å². The molecule has 1 amide bonds. The smallest absolute Gasteiger partial charge is 0.339 e. The van der Waals surface area contributed by atoms with Gasteiger partial charge in [-0.2, -0.15) is 0 Å². The van der Waals surface area contributed by atoms with Gasteiger partial charge in [-0.15, -0.1) is 11.8 Å². The third-order valence-corrected chi connectivity index (χ3v) is 5.15. The summed E-state index contributed by atoms with van der Waals surface area (Å²) in [6.45, 7) is 6.76. The number of ketones is 1. The molecule has 1 aliphatic heterocycles. The second-order valence-electron chi connectivity index (χ2n) is 7.12. The van der Waals surface area contributed by atoms with E-state index in [0.717, 1.165) is 25.9 Å². The number of esters is 1. The van der Waals surface area contributed by atoms with Crippen molar-refractivity contribution in [1.82, 2.24) is 4.90 Å². The SMILES string of the molecule is CC(C)(C)C(=O)COC(=O)c1ccccc1SCC(=O)N1CCCC1. The Bertz CT molecular complexity index is 645. The molecule has 0 bridgehead atoms. The number of ether oxygens (including phenoxy) is 1. The third kappa shape index (κ3) is 5.59. The van der Waals surface area contributed by atoms with E-state index < -0.39 is 11.4 Å². The Morgan fingerprint density at radius 2 is 1.76 bits per heavy atom. The van der Waals surface area contributed by atoms with Crippen LogP contribution in [0.15, 0.2) is 29.2 Å². The van der Waals surface area contributed by atoms with E-state index in [0.29, 0.717) is 16.2 Å². The highest BCUT2D eigenvalue weighted by atomic mass is 32.2. The molecule has 1 aromatic carbocycles. The van der Waals surface area contributed by atoms with Crippen molar-refractivity contribution in [3.8, 4) is 0 Å². The number of likely N-dealkylation sites (tertiary alicyclic amines) is 1. The van der Waals surface area contributed by atoms with Crippen LogP contribution in [0.3, 0.4) is 0 Å². The lowest BCUT2D eigenvalue weighted by atomic mass is 9.91. The van der Waals surface area contributed by atoms with Gasteiger partial charge in [-0.25, -0.2) is 4.79 Å². The lowest BCUT2D eigenvalue weighted by Gasteiger charge is -2.17. The molecule has 0 N–H and O–H groups in total. The summed E-state index contributed by atoms with van der Waals surface area (Å²) in [6.07, 6.45) is 2.11. The quantitative estimate of drug-likeness (QED) is 0.574. The van der Waals surface area contributed by atoms with Gasteiger partial charge >= 0.3 is 5.97 Å². The van der Waals surface area contributed by atoms with Crippen LogP contribution in [0.25, 0.3) is 0 Å². The Hall–Kier alpha value is -1.82. The maximum atomic E-state index is 12.3. The van der Waals surface area contributed by atoms with E-state index in [1.165, 1.54) is 11.8 Å². The maximum absolute atomic E-state index is 12.3. The topological polar surface area (TPSA) is 63.7 Å². The Balaban J connectivity index is 1.95. The molecule has 25 heavy (non-hydrogen) atoms. The van der Waals surface area contributed by atoms with Gasteiger partial charge in [0.05, 0.1) is 11.3 Å². The van der Waals surface area contributed by atoms with Crippen LogP contribution in [0.5, 0.6) is 0 Å². The van der Waals surface area contributed by atoms with Crippen molar-refractivity contribution in [2.75, 3.05) is 25.4 Å². The first-order valence-electron chi connectivity index (χ1n) is 8.49. The van der Waals surface area contributed by atoms with Gasteiger partial charge < -0.3 is 9.64 Å². The summed E-state index contributed by atoms with van der Waals surface area (Å²) in [4.78, 5) is 39.0. The number of benzene rings is 1. The molecule has 136 valence electrons. The number of carbonyl (C=O) groups excluding carboxylic acids is 3. The summed E-state index contributed by atoms with van der Waals surface area (Å²) in [6, 6.07) is 7.02. The number of hydrogen-bond acceptors (Lipinski definition) is 5. The summed E-state index contributed by atoms with van der Waals surface area (Å²) >= 11 is 1.33. The first kappa shape index (κ1) is 19.5. The highest BCUT2D eigenvalue weighted by Gasteiger charge is 2.24. The van der Waals surface area contributed by atoms with Crippen molar-refractivity contribution >= 4 is 29.4 Å². The summed E-state index contributed by atoms with van der Waals surface area (Å²) < 4.78 is 5.17.